The highest BCUT2D eigenvalue weighted by molar-refractivity contribution is 6.36. The monoisotopic (exact) mass is 359 g/mol. The van der Waals surface area contributed by atoms with E-state index < -0.39 is 0 Å². The average Bonchev–Trinajstić information content (AvgIpc) is 2.95. The number of para-hydroxylation sites is 1. The minimum Gasteiger partial charge on any atom is -0.491 e. The number of methoxy groups -OCH3 is 1. The summed E-state index contributed by atoms with van der Waals surface area (Å²) in [5, 5.41) is 2.08. The number of carbonyl (C=O) groups excluding carboxylic acids is 1. The second kappa shape index (κ2) is 7.25. The first-order chi connectivity index (χ1) is 13.2. The Kier molecular flexibility index (Phi) is 4.65. The predicted molar refractivity (Wildman–Crippen MR) is 109 cm³/mol. The lowest BCUT2D eigenvalue weighted by Gasteiger charge is -2.11. The van der Waals surface area contributed by atoms with Crippen LogP contribution in [-0.4, -0.2) is 33.3 Å². The number of hydrogen-bond donors (Lipinski definition) is 0. The van der Waals surface area contributed by atoms with Crippen molar-refractivity contribution in [2.24, 2.45) is 0 Å². The van der Waals surface area contributed by atoms with Gasteiger partial charge in [-0.2, -0.15) is 0 Å². The van der Waals surface area contributed by atoms with Gasteiger partial charge in [-0.05, 0) is 29.2 Å². The van der Waals surface area contributed by atoms with Gasteiger partial charge in [-0.3, -0.25) is 4.79 Å². The molecule has 4 heteroatoms. The summed E-state index contributed by atoms with van der Waals surface area (Å²) in [6, 6.07) is 19.9. The van der Waals surface area contributed by atoms with Crippen molar-refractivity contribution in [1.29, 1.82) is 0 Å². The maximum Gasteiger partial charge on any atom is 0.258 e. The zero-order valence-corrected chi connectivity index (χ0v) is 15.4. The largest absolute Gasteiger partial charge is 0.491 e. The van der Waals surface area contributed by atoms with Gasteiger partial charge < -0.3 is 14.4 Å². The molecule has 0 bridgehead atoms. The number of fused-ring (bicyclic) bond motifs is 2. The quantitative estimate of drug-likeness (QED) is 0.501. The molecule has 1 amide bonds. The molecule has 1 aliphatic heterocycles. The lowest BCUT2D eigenvalue weighted by molar-refractivity contribution is -0.112. The molecule has 0 aliphatic carbocycles. The standard InChI is InChI=1S/C23H21NO3/c1-24-21-10-6-5-8-18(21)20(23(24)25)15-16-11-12-22(27-14-13-26-2)19-9-4-3-7-17(16)19/h3-12,15H,13-14H2,1-2H3/b20-15+. The Morgan fingerprint density at radius 2 is 1.67 bits per heavy atom. The number of rotatable bonds is 5. The van der Waals surface area contributed by atoms with Crippen molar-refractivity contribution in [3.63, 3.8) is 0 Å². The Bertz CT molecular complexity index is 1040. The number of ether oxygens (including phenoxy) is 2. The summed E-state index contributed by atoms with van der Waals surface area (Å²) in [4.78, 5) is 14.5. The summed E-state index contributed by atoms with van der Waals surface area (Å²) in [6.07, 6.45) is 1.98. The highest BCUT2D eigenvalue weighted by Crippen LogP contribution is 2.38. The molecule has 1 aliphatic rings. The number of amides is 1. The van der Waals surface area contributed by atoms with Crippen LogP contribution in [0.5, 0.6) is 5.75 Å². The predicted octanol–water partition coefficient (Wildman–Crippen LogP) is 4.38. The van der Waals surface area contributed by atoms with Gasteiger partial charge in [-0.25, -0.2) is 0 Å². The van der Waals surface area contributed by atoms with Crippen LogP contribution in [0.1, 0.15) is 11.1 Å². The molecule has 0 aromatic heterocycles. The SMILES string of the molecule is COCCOc1ccc(/C=C2/C(=O)N(C)c3ccccc32)c2ccccc12. The van der Waals surface area contributed by atoms with Gasteiger partial charge in [0, 0.05) is 30.7 Å². The molecule has 0 spiro atoms. The molecule has 0 saturated carbocycles. The number of hydrogen-bond acceptors (Lipinski definition) is 3. The summed E-state index contributed by atoms with van der Waals surface area (Å²) in [6.45, 7) is 1.04. The van der Waals surface area contributed by atoms with Crippen LogP contribution in [0.4, 0.5) is 5.69 Å². The van der Waals surface area contributed by atoms with E-state index in [1.807, 2.05) is 67.7 Å². The van der Waals surface area contributed by atoms with E-state index in [9.17, 15) is 4.79 Å². The normalized spacial score (nSPS) is 14.8. The van der Waals surface area contributed by atoms with Crippen LogP contribution < -0.4 is 9.64 Å². The third-order valence-corrected chi connectivity index (χ3v) is 4.85. The lowest BCUT2D eigenvalue weighted by Crippen LogP contribution is -2.20. The molecule has 3 aromatic rings. The van der Waals surface area contributed by atoms with Crippen LogP contribution in [0.25, 0.3) is 22.4 Å². The number of nitrogens with zero attached hydrogens (tertiary/aromatic N) is 1. The summed E-state index contributed by atoms with van der Waals surface area (Å²) in [5.74, 6) is 0.834. The van der Waals surface area contributed by atoms with E-state index in [2.05, 4.69) is 6.07 Å². The van der Waals surface area contributed by atoms with E-state index in [4.69, 9.17) is 9.47 Å². The number of anilines is 1. The zero-order valence-electron chi connectivity index (χ0n) is 15.4. The van der Waals surface area contributed by atoms with Gasteiger partial charge >= 0.3 is 0 Å². The smallest absolute Gasteiger partial charge is 0.258 e. The summed E-state index contributed by atoms with van der Waals surface area (Å²) in [7, 11) is 3.47. The molecule has 0 atom stereocenters. The Morgan fingerprint density at radius 1 is 0.926 bits per heavy atom. The maximum absolute atomic E-state index is 12.8. The van der Waals surface area contributed by atoms with E-state index >= 15 is 0 Å². The van der Waals surface area contributed by atoms with Crippen molar-refractivity contribution < 1.29 is 14.3 Å². The number of carbonyl (C=O) groups is 1. The fraction of sp³-hybridized carbons (Fsp3) is 0.174. The molecule has 0 radical (unpaired) electrons. The second-order valence-corrected chi connectivity index (χ2v) is 6.48. The van der Waals surface area contributed by atoms with Crippen LogP contribution in [0.2, 0.25) is 0 Å². The van der Waals surface area contributed by atoms with Crippen LogP contribution >= 0.6 is 0 Å². The molecule has 4 nitrogen and oxygen atoms in total. The number of likely N-dealkylation sites (N-methyl/N-ethyl adjacent to an activating group) is 1. The summed E-state index contributed by atoms with van der Waals surface area (Å²) in [5.41, 5.74) is 3.62. The second-order valence-electron chi connectivity index (χ2n) is 6.48. The topological polar surface area (TPSA) is 38.8 Å². The number of benzene rings is 3. The first kappa shape index (κ1) is 17.3. The molecule has 0 unspecified atom stereocenters. The van der Waals surface area contributed by atoms with E-state index in [0.717, 1.165) is 33.3 Å². The van der Waals surface area contributed by atoms with Crippen LogP contribution in [0, 0.1) is 0 Å². The van der Waals surface area contributed by atoms with Gasteiger partial charge in [-0.1, -0.05) is 48.5 Å². The van der Waals surface area contributed by atoms with Crippen LogP contribution in [0.3, 0.4) is 0 Å². The molecule has 1 heterocycles. The lowest BCUT2D eigenvalue weighted by atomic mass is 9.99. The van der Waals surface area contributed by atoms with Gasteiger partial charge in [0.2, 0.25) is 0 Å². The molecule has 0 saturated heterocycles. The molecule has 136 valence electrons. The minimum absolute atomic E-state index is 0.0145. The Labute approximate surface area is 158 Å². The fourth-order valence-electron chi connectivity index (χ4n) is 3.48. The van der Waals surface area contributed by atoms with Gasteiger partial charge in [0.05, 0.1) is 12.3 Å². The molecule has 3 aromatic carbocycles. The highest BCUT2D eigenvalue weighted by Gasteiger charge is 2.29. The Hall–Kier alpha value is -3.11. The first-order valence-electron chi connectivity index (χ1n) is 8.93. The molecular weight excluding hydrogens is 338 g/mol. The van der Waals surface area contributed by atoms with Crippen molar-refractivity contribution >= 4 is 34.0 Å². The molecule has 27 heavy (non-hydrogen) atoms. The van der Waals surface area contributed by atoms with Crippen LogP contribution in [-0.2, 0) is 9.53 Å². The highest BCUT2D eigenvalue weighted by atomic mass is 16.5. The minimum atomic E-state index is 0.0145. The summed E-state index contributed by atoms with van der Waals surface area (Å²) < 4.78 is 10.9. The molecule has 0 N–H and O–H groups in total. The van der Waals surface area contributed by atoms with Crippen molar-refractivity contribution in [2.75, 3.05) is 32.3 Å². The van der Waals surface area contributed by atoms with Gasteiger partial charge in [0.15, 0.2) is 0 Å². The molecular formula is C23H21NO3. The third-order valence-electron chi connectivity index (χ3n) is 4.85. The third kappa shape index (κ3) is 3.09. The zero-order chi connectivity index (χ0) is 18.8. The van der Waals surface area contributed by atoms with E-state index in [1.165, 1.54) is 0 Å². The van der Waals surface area contributed by atoms with E-state index in [1.54, 1.807) is 12.0 Å². The van der Waals surface area contributed by atoms with Crippen LogP contribution in [0.15, 0.2) is 60.7 Å². The van der Waals surface area contributed by atoms with E-state index in [0.29, 0.717) is 18.8 Å². The van der Waals surface area contributed by atoms with Crippen molar-refractivity contribution in [3.8, 4) is 5.75 Å². The molecule has 4 rings (SSSR count). The van der Waals surface area contributed by atoms with Crippen molar-refractivity contribution in [1.82, 2.24) is 0 Å². The van der Waals surface area contributed by atoms with Gasteiger partial charge in [-0.15, -0.1) is 0 Å². The first-order valence-corrected chi connectivity index (χ1v) is 8.93. The van der Waals surface area contributed by atoms with Gasteiger partial charge in [0.1, 0.15) is 12.4 Å². The van der Waals surface area contributed by atoms with E-state index in [-0.39, 0.29) is 5.91 Å². The average molecular weight is 359 g/mol. The Balaban J connectivity index is 1.80. The van der Waals surface area contributed by atoms with Crippen molar-refractivity contribution in [3.05, 3.63) is 71.8 Å². The molecule has 0 fully saturated rings. The fourth-order valence-corrected chi connectivity index (χ4v) is 3.48. The maximum atomic E-state index is 12.8. The van der Waals surface area contributed by atoms with Gasteiger partial charge in [0.25, 0.3) is 5.91 Å². The summed E-state index contributed by atoms with van der Waals surface area (Å²) >= 11 is 0. The Morgan fingerprint density at radius 3 is 2.48 bits per heavy atom. The van der Waals surface area contributed by atoms with Crippen molar-refractivity contribution in [2.45, 2.75) is 0 Å².